The predicted molar refractivity (Wildman–Crippen MR) is 109 cm³/mol. The van der Waals surface area contributed by atoms with Gasteiger partial charge in [-0.05, 0) is 41.8 Å². The van der Waals surface area contributed by atoms with Crippen LogP contribution in [0.4, 0.5) is 17.1 Å². The van der Waals surface area contributed by atoms with Gasteiger partial charge in [0.1, 0.15) is 5.75 Å². The number of benzene rings is 2. The second-order valence-electron chi connectivity index (χ2n) is 6.52. The molecule has 5 nitrogen and oxygen atoms in total. The van der Waals surface area contributed by atoms with Crippen molar-refractivity contribution in [2.75, 3.05) is 17.7 Å². The number of carbonyl (C=O) groups is 1. The van der Waals surface area contributed by atoms with Crippen LogP contribution in [-0.4, -0.2) is 18.0 Å². The van der Waals surface area contributed by atoms with Crippen LogP contribution in [0.3, 0.4) is 0 Å². The number of aromatic nitrogens is 1. The third-order valence-electron chi connectivity index (χ3n) is 4.22. The molecule has 3 rings (SSSR count). The Hall–Kier alpha value is -3.34. The van der Waals surface area contributed by atoms with E-state index in [0.717, 1.165) is 11.4 Å². The number of nitrogens with one attached hydrogen (secondary N) is 2. The van der Waals surface area contributed by atoms with Crippen molar-refractivity contribution in [2.24, 2.45) is 0 Å². The molecule has 0 spiro atoms. The topological polar surface area (TPSA) is 63.2 Å². The van der Waals surface area contributed by atoms with Crippen molar-refractivity contribution in [3.63, 3.8) is 0 Å². The Morgan fingerprint density at radius 3 is 2.44 bits per heavy atom. The van der Waals surface area contributed by atoms with Gasteiger partial charge in [0.2, 0.25) is 0 Å². The number of rotatable bonds is 6. The molecule has 0 atom stereocenters. The lowest BCUT2D eigenvalue weighted by Crippen LogP contribution is -2.13. The summed E-state index contributed by atoms with van der Waals surface area (Å²) < 4.78 is 5.27. The van der Waals surface area contributed by atoms with E-state index in [-0.39, 0.29) is 5.91 Å². The summed E-state index contributed by atoms with van der Waals surface area (Å²) in [6.45, 7) is 4.33. The monoisotopic (exact) mass is 361 g/mol. The Kier molecular flexibility index (Phi) is 5.71. The third-order valence-corrected chi connectivity index (χ3v) is 4.22. The molecule has 5 heteroatoms. The molecule has 3 aromatic rings. The molecule has 0 aliphatic carbocycles. The lowest BCUT2D eigenvalue weighted by atomic mass is 10.0. The molecule has 1 heterocycles. The van der Waals surface area contributed by atoms with E-state index < -0.39 is 0 Å². The van der Waals surface area contributed by atoms with Gasteiger partial charge in [-0.1, -0.05) is 38.1 Å². The molecule has 0 saturated carbocycles. The first kappa shape index (κ1) is 18.5. The highest BCUT2D eigenvalue weighted by Crippen LogP contribution is 2.24. The Bertz CT molecular complexity index is 921. The van der Waals surface area contributed by atoms with Crippen LogP contribution in [0, 0.1) is 0 Å². The van der Waals surface area contributed by atoms with Crippen LogP contribution in [0.15, 0.2) is 67.0 Å². The maximum absolute atomic E-state index is 12.6. The molecule has 0 radical (unpaired) electrons. The summed E-state index contributed by atoms with van der Waals surface area (Å²) in [4.78, 5) is 16.7. The SMILES string of the molecule is COc1ccccc1NC(=O)c1cncc(Nc2ccc(C(C)C)cc2)c1. The second kappa shape index (κ2) is 8.36. The number of para-hydroxylation sites is 2. The summed E-state index contributed by atoms with van der Waals surface area (Å²) in [5.41, 5.74) is 4.06. The van der Waals surface area contributed by atoms with E-state index in [2.05, 4.69) is 41.6 Å². The number of anilines is 3. The van der Waals surface area contributed by atoms with Gasteiger partial charge >= 0.3 is 0 Å². The second-order valence-corrected chi connectivity index (χ2v) is 6.52. The molecular weight excluding hydrogens is 338 g/mol. The van der Waals surface area contributed by atoms with E-state index in [1.807, 2.05) is 24.3 Å². The molecule has 138 valence electrons. The van der Waals surface area contributed by atoms with Gasteiger partial charge in [0.05, 0.1) is 30.2 Å². The van der Waals surface area contributed by atoms with Gasteiger partial charge in [0, 0.05) is 11.9 Å². The molecule has 1 aromatic heterocycles. The van der Waals surface area contributed by atoms with Crippen molar-refractivity contribution in [3.8, 4) is 5.75 Å². The predicted octanol–water partition coefficient (Wildman–Crippen LogP) is 5.21. The molecule has 1 amide bonds. The summed E-state index contributed by atoms with van der Waals surface area (Å²) in [5, 5.41) is 6.14. The smallest absolute Gasteiger partial charge is 0.257 e. The van der Waals surface area contributed by atoms with Crippen LogP contribution in [-0.2, 0) is 0 Å². The van der Waals surface area contributed by atoms with Crippen molar-refractivity contribution in [2.45, 2.75) is 19.8 Å². The maximum atomic E-state index is 12.6. The number of amides is 1. The minimum Gasteiger partial charge on any atom is -0.495 e. The molecule has 0 bridgehead atoms. The van der Waals surface area contributed by atoms with Crippen molar-refractivity contribution in [3.05, 3.63) is 78.1 Å². The van der Waals surface area contributed by atoms with E-state index in [1.54, 1.807) is 31.5 Å². The quantitative estimate of drug-likeness (QED) is 0.633. The molecular formula is C22H23N3O2. The van der Waals surface area contributed by atoms with E-state index in [4.69, 9.17) is 4.74 Å². The van der Waals surface area contributed by atoms with Crippen LogP contribution >= 0.6 is 0 Å². The molecule has 0 unspecified atom stereocenters. The maximum Gasteiger partial charge on any atom is 0.257 e. The number of methoxy groups -OCH3 is 1. The molecule has 0 aliphatic heterocycles. The van der Waals surface area contributed by atoms with Crippen LogP contribution in [0.1, 0.15) is 35.7 Å². The highest BCUT2D eigenvalue weighted by atomic mass is 16.5. The fourth-order valence-corrected chi connectivity index (χ4v) is 2.69. The minimum absolute atomic E-state index is 0.245. The number of ether oxygens (including phenoxy) is 1. The summed E-state index contributed by atoms with van der Waals surface area (Å²) in [5.74, 6) is 0.854. The first-order chi connectivity index (χ1) is 13.1. The Balaban J connectivity index is 1.73. The summed E-state index contributed by atoms with van der Waals surface area (Å²) >= 11 is 0. The number of carbonyl (C=O) groups excluding carboxylic acids is 1. The largest absolute Gasteiger partial charge is 0.495 e. The Labute approximate surface area is 159 Å². The highest BCUT2D eigenvalue weighted by Gasteiger charge is 2.10. The number of pyridine rings is 1. The van der Waals surface area contributed by atoms with Gasteiger partial charge in [0.15, 0.2) is 0 Å². The van der Waals surface area contributed by atoms with Crippen molar-refractivity contribution >= 4 is 23.0 Å². The van der Waals surface area contributed by atoms with Gasteiger partial charge in [-0.15, -0.1) is 0 Å². The van der Waals surface area contributed by atoms with Gasteiger partial charge in [-0.3, -0.25) is 9.78 Å². The van der Waals surface area contributed by atoms with E-state index in [0.29, 0.717) is 22.9 Å². The number of hydrogen-bond donors (Lipinski definition) is 2. The van der Waals surface area contributed by atoms with Crippen LogP contribution in [0.25, 0.3) is 0 Å². The number of hydrogen-bond acceptors (Lipinski definition) is 4. The van der Waals surface area contributed by atoms with Crippen molar-refractivity contribution in [1.82, 2.24) is 4.98 Å². The molecule has 0 saturated heterocycles. The normalized spacial score (nSPS) is 10.5. The molecule has 0 fully saturated rings. The standard InChI is InChI=1S/C22H23N3O2/c1-15(2)16-8-10-18(11-9-16)24-19-12-17(13-23-14-19)22(26)25-20-6-4-5-7-21(20)27-3/h4-15,24H,1-3H3,(H,25,26). The summed E-state index contributed by atoms with van der Waals surface area (Å²) in [6.07, 6.45) is 3.23. The first-order valence-corrected chi connectivity index (χ1v) is 8.83. The Morgan fingerprint density at radius 1 is 1.00 bits per heavy atom. The van der Waals surface area contributed by atoms with Crippen LogP contribution in [0.5, 0.6) is 5.75 Å². The summed E-state index contributed by atoms with van der Waals surface area (Å²) in [7, 11) is 1.57. The fraction of sp³-hybridized carbons (Fsp3) is 0.182. The van der Waals surface area contributed by atoms with Gasteiger partial charge in [-0.25, -0.2) is 0 Å². The third kappa shape index (κ3) is 4.64. The average molecular weight is 361 g/mol. The van der Waals surface area contributed by atoms with Crippen LogP contribution in [0.2, 0.25) is 0 Å². The Morgan fingerprint density at radius 2 is 1.74 bits per heavy atom. The first-order valence-electron chi connectivity index (χ1n) is 8.83. The van der Waals surface area contributed by atoms with Gasteiger partial charge in [0.25, 0.3) is 5.91 Å². The highest BCUT2D eigenvalue weighted by molar-refractivity contribution is 6.05. The van der Waals surface area contributed by atoms with E-state index >= 15 is 0 Å². The van der Waals surface area contributed by atoms with E-state index in [1.165, 1.54) is 11.8 Å². The van der Waals surface area contributed by atoms with Crippen LogP contribution < -0.4 is 15.4 Å². The minimum atomic E-state index is -0.245. The van der Waals surface area contributed by atoms with Crippen molar-refractivity contribution < 1.29 is 9.53 Å². The molecule has 0 aliphatic rings. The van der Waals surface area contributed by atoms with Crippen molar-refractivity contribution in [1.29, 1.82) is 0 Å². The molecule has 2 N–H and O–H groups in total. The molecule has 27 heavy (non-hydrogen) atoms. The molecule has 2 aromatic carbocycles. The fourth-order valence-electron chi connectivity index (χ4n) is 2.69. The zero-order chi connectivity index (χ0) is 19.2. The summed E-state index contributed by atoms with van der Waals surface area (Å²) in [6, 6.07) is 17.3. The zero-order valence-electron chi connectivity index (χ0n) is 15.7. The van der Waals surface area contributed by atoms with Gasteiger partial charge in [-0.2, -0.15) is 0 Å². The zero-order valence-corrected chi connectivity index (χ0v) is 15.7. The van der Waals surface area contributed by atoms with Gasteiger partial charge < -0.3 is 15.4 Å². The lowest BCUT2D eigenvalue weighted by Gasteiger charge is -2.11. The van der Waals surface area contributed by atoms with E-state index in [9.17, 15) is 4.79 Å². The lowest BCUT2D eigenvalue weighted by molar-refractivity contribution is 0.102. The number of nitrogens with zero attached hydrogens (tertiary/aromatic N) is 1. The average Bonchev–Trinajstić information content (AvgIpc) is 2.69.